The van der Waals surface area contributed by atoms with Gasteiger partial charge in [0.2, 0.25) is 0 Å². The van der Waals surface area contributed by atoms with E-state index >= 15 is 0 Å². The van der Waals surface area contributed by atoms with Crippen LogP contribution in [0.25, 0.3) is 5.65 Å². The molecule has 1 aromatic carbocycles. The molecule has 3 aromatic rings. The predicted octanol–water partition coefficient (Wildman–Crippen LogP) is 5.65. The highest BCUT2D eigenvalue weighted by atomic mass is 127. The molecule has 37 heavy (non-hydrogen) atoms. The number of alkyl halides is 2. The molecule has 0 radical (unpaired) electrons. The third kappa shape index (κ3) is 4.86. The van der Waals surface area contributed by atoms with Gasteiger partial charge in [0.15, 0.2) is 17.3 Å². The van der Waals surface area contributed by atoms with E-state index in [9.17, 15) is 18.0 Å². The lowest BCUT2D eigenvalue weighted by Crippen LogP contribution is -2.40. The number of hydrogen-bond donors (Lipinski definition) is 1. The predicted molar refractivity (Wildman–Crippen MR) is 144 cm³/mol. The number of hydrogen-bond acceptors (Lipinski definition) is 5. The van der Waals surface area contributed by atoms with Crippen molar-refractivity contribution in [2.45, 2.75) is 51.4 Å². The summed E-state index contributed by atoms with van der Waals surface area (Å²) >= 11 is 1.96. The van der Waals surface area contributed by atoms with Gasteiger partial charge in [-0.1, -0.05) is 0 Å². The van der Waals surface area contributed by atoms with Gasteiger partial charge >= 0.3 is 0 Å². The van der Waals surface area contributed by atoms with Crippen molar-refractivity contribution in [3.63, 3.8) is 0 Å². The monoisotopic (exact) mass is 624 g/mol. The van der Waals surface area contributed by atoms with Crippen molar-refractivity contribution in [2.75, 3.05) is 41.3 Å². The molecule has 1 aliphatic carbocycles. The third-order valence-corrected chi connectivity index (χ3v) is 8.81. The Morgan fingerprint density at radius 3 is 2.32 bits per heavy atom. The molecule has 1 N–H and O–H groups in total. The molecule has 2 saturated heterocycles. The Labute approximate surface area is 226 Å². The molecule has 0 bridgehead atoms. The fourth-order valence-electron chi connectivity index (χ4n) is 5.48. The standard InChI is InChI=1S/C26H28F3IN6O/c1-16-14-36-15-21(32-23(22(36)31-16)35-10-6-26(28,29)7-11-35)33-24(37)17-12-18(27)19(30)13-20(17)34-8-4-25(2-3-25)5-9-34/h12-15H,2-11H2,1H3,(H,33,37). The summed E-state index contributed by atoms with van der Waals surface area (Å²) in [7, 11) is 0. The van der Waals surface area contributed by atoms with E-state index in [0.717, 1.165) is 37.3 Å². The Balaban J connectivity index is 1.31. The molecule has 7 nitrogen and oxygen atoms in total. The van der Waals surface area contributed by atoms with Crippen LogP contribution >= 0.6 is 22.6 Å². The molecule has 6 rings (SSSR count). The second kappa shape index (κ2) is 9.02. The van der Waals surface area contributed by atoms with Gasteiger partial charge in [-0.25, -0.2) is 23.1 Å². The Hall–Kier alpha value is -2.57. The number of aromatic nitrogens is 3. The normalized spacial score (nSPS) is 20.5. The van der Waals surface area contributed by atoms with Gasteiger partial charge in [0.05, 0.1) is 26.7 Å². The number of aryl methyl sites for hydroxylation is 1. The maximum Gasteiger partial charge on any atom is 0.259 e. The molecular weight excluding hydrogens is 596 g/mol. The van der Waals surface area contributed by atoms with Crippen LogP contribution in [0.15, 0.2) is 24.5 Å². The van der Waals surface area contributed by atoms with Gasteiger partial charge in [-0.05, 0) is 72.7 Å². The van der Waals surface area contributed by atoms with E-state index in [1.165, 1.54) is 18.9 Å². The lowest BCUT2D eigenvalue weighted by molar-refractivity contribution is -0.0221. The number of rotatable bonds is 4. The summed E-state index contributed by atoms with van der Waals surface area (Å²) in [6.07, 6.45) is 7.62. The van der Waals surface area contributed by atoms with Crippen molar-refractivity contribution in [3.8, 4) is 0 Å². The van der Waals surface area contributed by atoms with E-state index < -0.39 is 17.6 Å². The van der Waals surface area contributed by atoms with E-state index in [1.54, 1.807) is 27.8 Å². The van der Waals surface area contributed by atoms with Crippen molar-refractivity contribution < 1.29 is 18.0 Å². The minimum Gasteiger partial charge on any atom is -0.371 e. The highest BCUT2D eigenvalue weighted by Gasteiger charge is 2.44. The van der Waals surface area contributed by atoms with Crippen LogP contribution in [0.2, 0.25) is 0 Å². The molecule has 1 amide bonds. The summed E-state index contributed by atoms with van der Waals surface area (Å²) in [6, 6.07) is 3.03. The number of nitrogens with zero attached hydrogens (tertiary/aromatic N) is 5. The Morgan fingerprint density at radius 1 is 0.973 bits per heavy atom. The number of anilines is 3. The average molecular weight is 624 g/mol. The van der Waals surface area contributed by atoms with Gasteiger partial charge in [-0.3, -0.25) is 4.79 Å². The van der Waals surface area contributed by atoms with Crippen LogP contribution in [0.4, 0.5) is 30.5 Å². The zero-order chi connectivity index (χ0) is 25.9. The third-order valence-electron chi connectivity index (χ3n) is 7.98. The van der Waals surface area contributed by atoms with Gasteiger partial charge in [0, 0.05) is 45.2 Å². The molecular formula is C26H28F3IN6O. The van der Waals surface area contributed by atoms with Crippen molar-refractivity contribution >= 4 is 51.5 Å². The molecule has 3 aliphatic rings. The van der Waals surface area contributed by atoms with Crippen LogP contribution in [0.5, 0.6) is 0 Å². The quantitative estimate of drug-likeness (QED) is 0.381. The SMILES string of the molecule is Cc1cn2cc(NC(=O)c3cc(F)c(I)cc3N3CCC4(CC3)CC4)nc(N3CCC(F)(F)CC3)c2n1. The van der Waals surface area contributed by atoms with Crippen LogP contribution in [-0.4, -0.2) is 52.4 Å². The van der Waals surface area contributed by atoms with Crippen LogP contribution in [0, 0.1) is 21.7 Å². The lowest BCUT2D eigenvalue weighted by Gasteiger charge is -2.35. The number of carbonyl (C=O) groups is 1. The van der Waals surface area contributed by atoms with Crippen molar-refractivity contribution in [1.82, 2.24) is 14.4 Å². The molecule has 2 aliphatic heterocycles. The largest absolute Gasteiger partial charge is 0.371 e. The van der Waals surface area contributed by atoms with Crippen LogP contribution in [-0.2, 0) is 0 Å². The van der Waals surface area contributed by atoms with Crippen molar-refractivity contribution in [1.29, 1.82) is 0 Å². The first-order chi connectivity index (χ1) is 17.6. The van der Waals surface area contributed by atoms with Gasteiger partial charge in [0.25, 0.3) is 11.8 Å². The van der Waals surface area contributed by atoms with E-state index in [2.05, 4.69) is 20.2 Å². The van der Waals surface area contributed by atoms with Gasteiger partial charge < -0.3 is 19.5 Å². The maximum atomic E-state index is 14.6. The summed E-state index contributed by atoms with van der Waals surface area (Å²) in [5.41, 5.74) is 2.74. The van der Waals surface area contributed by atoms with Crippen LogP contribution < -0.4 is 15.1 Å². The average Bonchev–Trinajstić information content (AvgIpc) is 3.49. The number of carbonyl (C=O) groups excluding carboxylic acids is 1. The second-order valence-corrected chi connectivity index (χ2v) is 11.8. The Morgan fingerprint density at radius 2 is 1.65 bits per heavy atom. The Bertz CT molecular complexity index is 1370. The zero-order valence-electron chi connectivity index (χ0n) is 20.5. The maximum absolute atomic E-state index is 14.6. The van der Waals surface area contributed by atoms with E-state index in [1.807, 2.05) is 29.5 Å². The summed E-state index contributed by atoms with van der Waals surface area (Å²) in [6.45, 7) is 3.79. The molecule has 2 aromatic heterocycles. The van der Waals surface area contributed by atoms with Crippen molar-refractivity contribution in [3.05, 3.63) is 45.2 Å². The minimum atomic E-state index is -2.69. The van der Waals surface area contributed by atoms with Gasteiger partial charge in [0.1, 0.15) is 5.82 Å². The number of halogens is 4. The smallest absolute Gasteiger partial charge is 0.259 e. The molecule has 0 atom stereocenters. The van der Waals surface area contributed by atoms with Gasteiger partial charge in [-0.2, -0.15) is 0 Å². The van der Waals surface area contributed by atoms with Gasteiger partial charge in [-0.15, -0.1) is 0 Å². The Kier molecular flexibility index (Phi) is 6.03. The van der Waals surface area contributed by atoms with Crippen molar-refractivity contribution in [2.24, 2.45) is 5.41 Å². The summed E-state index contributed by atoms with van der Waals surface area (Å²) in [4.78, 5) is 26.6. The zero-order valence-corrected chi connectivity index (χ0v) is 22.7. The minimum absolute atomic E-state index is 0.141. The molecule has 11 heteroatoms. The van der Waals surface area contributed by atoms with E-state index in [4.69, 9.17) is 0 Å². The molecule has 1 spiro atoms. The summed E-state index contributed by atoms with van der Waals surface area (Å²) < 4.78 is 44.4. The first-order valence-corrected chi connectivity index (χ1v) is 13.7. The molecule has 1 saturated carbocycles. The summed E-state index contributed by atoms with van der Waals surface area (Å²) in [5.74, 6) is -2.91. The highest BCUT2D eigenvalue weighted by Crippen LogP contribution is 2.54. The van der Waals surface area contributed by atoms with E-state index in [-0.39, 0.29) is 37.3 Å². The fraction of sp³-hybridized carbons (Fsp3) is 0.500. The number of imidazole rings is 1. The number of amides is 1. The van der Waals surface area contributed by atoms with E-state index in [0.29, 0.717) is 20.5 Å². The lowest BCUT2D eigenvalue weighted by atomic mass is 9.93. The molecule has 3 fully saturated rings. The van der Waals surface area contributed by atoms with Crippen LogP contribution in [0.3, 0.4) is 0 Å². The molecule has 196 valence electrons. The first-order valence-electron chi connectivity index (χ1n) is 12.7. The first kappa shape index (κ1) is 24.7. The molecule has 4 heterocycles. The number of benzene rings is 1. The van der Waals surface area contributed by atoms with Crippen LogP contribution in [0.1, 0.15) is 54.6 Å². The highest BCUT2D eigenvalue weighted by molar-refractivity contribution is 14.1. The number of nitrogens with one attached hydrogen (secondary N) is 1. The number of piperidine rings is 2. The summed E-state index contributed by atoms with van der Waals surface area (Å²) in [5, 5.41) is 2.84. The second-order valence-electron chi connectivity index (χ2n) is 10.6. The number of fused-ring (bicyclic) bond motifs is 1. The topological polar surface area (TPSA) is 65.8 Å². The molecule has 0 unspecified atom stereocenters. The fourth-order valence-corrected chi connectivity index (χ4v) is 5.94.